The van der Waals surface area contributed by atoms with E-state index >= 15 is 0 Å². The maximum Gasteiger partial charge on any atom is 0.416 e. The number of benzene rings is 2. The predicted molar refractivity (Wildman–Crippen MR) is 89.9 cm³/mol. The number of carbonyl (C=O) groups is 2. The highest BCUT2D eigenvalue weighted by Crippen LogP contribution is 2.34. The number of rotatable bonds is 4. The summed E-state index contributed by atoms with van der Waals surface area (Å²) in [5.41, 5.74) is -3.05. The van der Waals surface area contributed by atoms with Crippen LogP contribution in [0, 0.1) is 29.1 Å². The van der Waals surface area contributed by atoms with Crippen LogP contribution in [0.1, 0.15) is 29.8 Å². The molecule has 2 amide bonds. The van der Waals surface area contributed by atoms with Gasteiger partial charge < -0.3 is 15.4 Å². The minimum atomic E-state index is -4.97. The number of halogens is 8. The summed E-state index contributed by atoms with van der Waals surface area (Å²) in [6.45, 7) is 3.09. The molecule has 0 saturated carbocycles. The van der Waals surface area contributed by atoms with E-state index in [1.807, 2.05) is 5.32 Å². The van der Waals surface area contributed by atoms with E-state index in [0.29, 0.717) is 12.1 Å². The van der Waals surface area contributed by atoms with E-state index in [2.05, 4.69) is 10.1 Å². The summed E-state index contributed by atoms with van der Waals surface area (Å²) in [5, 5.41) is 4.34. The molecule has 168 valence electrons. The summed E-state index contributed by atoms with van der Waals surface area (Å²) < 4.78 is 110. The molecule has 0 heterocycles. The van der Waals surface area contributed by atoms with Crippen LogP contribution in [-0.2, 0) is 6.18 Å². The number of amides is 2. The zero-order valence-electron chi connectivity index (χ0n) is 15.6. The van der Waals surface area contributed by atoms with Crippen molar-refractivity contribution in [1.82, 2.24) is 5.32 Å². The molecule has 2 rings (SSSR count). The number of hydrogen-bond donors (Lipinski definition) is 2. The lowest BCUT2D eigenvalue weighted by Crippen LogP contribution is -2.34. The van der Waals surface area contributed by atoms with Gasteiger partial charge >= 0.3 is 18.2 Å². The van der Waals surface area contributed by atoms with Crippen LogP contribution in [0.2, 0.25) is 0 Å². The quantitative estimate of drug-likeness (QED) is 0.220. The van der Waals surface area contributed by atoms with Gasteiger partial charge in [-0.2, -0.15) is 22.0 Å². The molecule has 0 saturated heterocycles. The molecular weight excluding hydrogens is 444 g/mol. The van der Waals surface area contributed by atoms with Gasteiger partial charge in [0.15, 0.2) is 0 Å². The lowest BCUT2D eigenvalue weighted by atomic mass is 10.1. The number of ether oxygens (including phenoxy) is 1. The first-order valence-electron chi connectivity index (χ1n) is 8.26. The summed E-state index contributed by atoms with van der Waals surface area (Å²) in [4.78, 5) is 24.1. The van der Waals surface area contributed by atoms with E-state index in [0.717, 1.165) is 0 Å². The first-order valence-corrected chi connectivity index (χ1v) is 8.26. The van der Waals surface area contributed by atoms with Crippen molar-refractivity contribution in [1.29, 1.82) is 0 Å². The molecule has 0 fully saturated rings. The topological polar surface area (TPSA) is 67.4 Å². The Morgan fingerprint density at radius 3 is 1.90 bits per heavy atom. The van der Waals surface area contributed by atoms with Crippen LogP contribution in [0.5, 0.6) is 5.75 Å². The van der Waals surface area contributed by atoms with Crippen molar-refractivity contribution in [2.45, 2.75) is 26.1 Å². The van der Waals surface area contributed by atoms with Gasteiger partial charge in [0.25, 0.3) is 0 Å². The number of alkyl halides is 3. The maximum absolute atomic E-state index is 13.7. The van der Waals surface area contributed by atoms with Gasteiger partial charge in [-0.15, -0.1) is 0 Å². The normalized spacial score (nSPS) is 11.5. The molecule has 13 heteroatoms. The van der Waals surface area contributed by atoms with Crippen molar-refractivity contribution in [3.63, 3.8) is 0 Å². The van der Waals surface area contributed by atoms with Gasteiger partial charge in [0.2, 0.25) is 34.8 Å². The molecule has 0 aliphatic carbocycles. The third-order valence-corrected chi connectivity index (χ3v) is 3.60. The van der Waals surface area contributed by atoms with Crippen molar-refractivity contribution >= 4 is 17.7 Å². The standard InChI is InChI=1S/C18H12F8N2O3/c1-6(2)27-17(30)28-9-4-3-7(18(24,25)26)5-8(9)16(29)31-15-13(22)11(20)10(19)12(21)14(15)23/h3-6H,1-2H3,(H2,27,28,30). The minimum absolute atomic E-state index is 0.180. The van der Waals surface area contributed by atoms with Gasteiger partial charge in [0.1, 0.15) is 0 Å². The van der Waals surface area contributed by atoms with E-state index in [1.54, 1.807) is 13.8 Å². The van der Waals surface area contributed by atoms with E-state index in [9.17, 15) is 44.7 Å². The molecule has 0 radical (unpaired) electrons. The first kappa shape index (κ1) is 23.9. The van der Waals surface area contributed by atoms with Crippen LogP contribution in [0.15, 0.2) is 18.2 Å². The van der Waals surface area contributed by atoms with Gasteiger partial charge in [-0.05, 0) is 32.0 Å². The molecule has 5 nitrogen and oxygen atoms in total. The third-order valence-electron chi connectivity index (χ3n) is 3.60. The van der Waals surface area contributed by atoms with Gasteiger partial charge in [-0.1, -0.05) is 0 Å². The van der Waals surface area contributed by atoms with E-state index in [4.69, 9.17) is 0 Å². The molecular formula is C18H12F8N2O3. The second-order valence-corrected chi connectivity index (χ2v) is 6.30. The number of esters is 1. The molecule has 2 aromatic carbocycles. The molecule has 0 unspecified atom stereocenters. The van der Waals surface area contributed by atoms with Crippen molar-refractivity contribution in [2.24, 2.45) is 0 Å². The smallest absolute Gasteiger partial charge is 0.416 e. The Hall–Kier alpha value is -3.38. The number of hydrogen-bond acceptors (Lipinski definition) is 3. The number of nitrogens with one attached hydrogen (secondary N) is 2. The molecule has 0 atom stereocenters. The number of carbonyl (C=O) groups excluding carboxylic acids is 2. The molecule has 0 aliphatic heterocycles. The highest BCUT2D eigenvalue weighted by molar-refractivity contribution is 6.02. The molecule has 0 spiro atoms. The molecule has 2 aromatic rings. The van der Waals surface area contributed by atoms with Crippen LogP contribution < -0.4 is 15.4 Å². The molecule has 0 aliphatic rings. The summed E-state index contributed by atoms with van der Waals surface area (Å²) in [7, 11) is 0. The Kier molecular flexibility index (Phi) is 6.76. The van der Waals surface area contributed by atoms with Gasteiger partial charge in [0, 0.05) is 6.04 Å². The van der Waals surface area contributed by atoms with E-state index < -0.39 is 75.9 Å². The molecule has 0 aromatic heterocycles. The van der Waals surface area contributed by atoms with Gasteiger partial charge in [-0.25, -0.2) is 22.8 Å². The maximum atomic E-state index is 13.7. The van der Waals surface area contributed by atoms with Crippen molar-refractivity contribution in [3.8, 4) is 5.75 Å². The van der Waals surface area contributed by atoms with Crippen LogP contribution in [-0.4, -0.2) is 18.0 Å². The van der Waals surface area contributed by atoms with Crippen molar-refractivity contribution < 1.29 is 49.4 Å². The summed E-state index contributed by atoms with van der Waals surface area (Å²) >= 11 is 0. The van der Waals surface area contributed by atoms with Crippen LogP contribution >= 0.6 is 0 Å². The summed E-state index contributed by atoms with van der Waals surface area (Å²) in [6, 6.07) is -0.0598. The predicted octanol–water partition coefficient (Wildman–Crippen LogP) is 5.15. The largest absolute Gasteiger partial charge is 0.416 e. The summed E-state index contributed by atoms with van der Waals surface area (Å²) in [6.07, 6.45) is -4.97. The number of urea groups is 1. The summed E-state index contributed by atoms with van der Waals surface area (Å²) in [5.74, 6) is -16.3. The highest BCUT2D eigenvalue weighted by Gasteiger charge is 2.34. The van der Waals surface area contributed by atoms with Crippen LogP contribution in [0.4, 0.5) is 45.6 Å². The Balaban J connectivity index is 2.52. The number of anilines is 1. The van der Waals surface area contributed by atoms with E-state index in [-0.39, 0.29) is 6.07 Å². The van der Waals surface area contributed by atoms with E-state index in [1.165, 1.54) is 0 Å². The SMILES string of the molecule is CC(C)NC(=O)Nc1ccc(C(F)(F)F)cc1C(=O)Oc1c(F)c(F)c(F)c(F)c1F. The second kappa shape index (κ2) is 8.78. The average molecular weight is 456 g/mol. The van der Waals surface area contributed by atoms with Crippen molar-refractivity contribution in [3.05, 3.63) is 58.4 Å². The fraction of sp³-hybridized carbons (Fsp3) is 0.222. The zero-order valence-corrected chi connectivity index (χ0v) is 15.6. The monoisotopic (exact) mass is 456 g/mol. The average Bonchev–Trinajstić information content (AvgIpc) is 2.66. The Morgan fingerprint density at radius 1 is 0.903 bits per heavy atom. The van der Waals surface area contributed by atoms with Gasteiger partial charge in [-0.3, -0.25) is 0 Å². The Morgan fingerprint density at radius 2 is 1.42 bits per heavy atom. The fourth-order valence-electron chi connectivity index (χ4n) is 2.24. The molecule has 2 N–H and O–H groups in total. The Bertz CT molecular complexity index is 1010. The third kappa shape index (κ3) is 5.22. The lowest BCUT2D eigenvalue weighted by Gasteiger charge is -2.16. The van der Waals surface area contributed by atoms with Gasteiger partial charge in [0.05, 0.1) is 16.8 Å². The zero-order chi connectivity index (χ0) is 23.7. The Labute approximate surface area is 169 Å². The second-order valence-electron chi connectivity index (χ2n) is 6.30. The molecule has 31 heavy (non-hydrogen) atoms. The minimum Gasteiger partial charge on any atom is -0.416 e. The van der Waals surface area contributed by atoms with Crippen molar-refractivity contribution in [2.75, 3.05) is 5.32 Å². The lowest BCUT2D eigenvalue weighted by molar-refractivity contribution is -0.137. The molecule has 0 bridgehead atoms. The fourth-order valence-corrected chi connectivity index (χ4v) is 2.24. The highest BCUT2D eigenvalue weighted by atomic mass is 19.4. The van der Waals surface area contributed by atoms with Crippen LogP contribution in [0.3, 0.4) is 0 Å². The first-order chi connectivity index (χ1) is 14.2. The van der Waals surface area contributed by atoms with Crippen LogP contribution in [0.25, 0.3) is 0 Å².